The maximum atomic E-state index is 12.8. The summed E-state index contributed by atoms with van der Waals surface area (Å²) in [6.07, 6.45) is 3.50. The van der Waals surface area contributed by atoms with Crippen LogP contribution in [0, 0.1) is 6.92 Å². The first-order valence-corrected chi connectivity index (χ1v) is 10.6. The molecule has 28 heavy (non-hydrogen) atoms. The van der Waals surface area contributed by atoms with Crippen molar-refractivity contribution in [3.63, 3.8) is 0 Å². The summed E-state index contributed by atoms with van der Waals surface area (Å²) in [5.74, 6) is 0.721. The summed E-state index contributed by atoms with van der Waals surface area (Å²) in [7, 11) is 0. The fraction of sp³-hybridized carbons (Fsp3) is 0.480. The first-order valence-electron chi connectivity index (χ1n) is 10.6. The molecule has 0 radical (unpaired) electrons. The molecule has 0 aliphatic heterocycles. The van der Waals surface area contributed by atoms with Crippen molar-refractivity contribution in [3.05, 3.63) is 64.7 Å². The van der Waals surface area contributed by atoms with Crippen LogP contribution in [-0.4, -0.2) is 12.6 Å². The first-order chi connectivity index (χ1) is 13.3. The Kier molecular flexibility index (Phi) is 6.12. The minimum atomic E-state index is -0.103. The second kappa shape index (κ2) is 8.38. The summed E-state index contributed by atoms with van der Waals surface area (Å²) < 4.78 is 0. The molecule has 1 aliphatic rings. The van der Waals surface area contributed by atoms with E-state index in [2.05, 4.69) is 87.7 Å². The molecule has 0 spiro atoms. The van der Waals surface area contributed by atoms with E-state index in [0.29, 0.717) is 18.4 Å². The number of amides is 2. The molecule has 0 unspecified atom stereocenters. The number of rotatable bonds is 6. The Morgan fingerprint density at radius 1 is 1.00 bits per heavy atom. The van der Waals surface area contributed by atoms with Gasteiger partial charge in [-0.1, -0.05) is 82.1 Å². The molecule has 2 aromatic carbocycles. The molecular formula is C25H34N2O. The summed E-state index contributed by atoms with van der Waals surface area (Å²) in [4.78, 5) is 12.8. The molecule has 3 rings (SSSR count). The molecular weight excluding hydrogens is 344 g/mol. The molecule has 150 valence electrons. The van der Waals surface area contributed by atoms with Crippen LogP contribution in [0.1, 0.15) is 81.0 Å². The van der Waals surface area contributed by atoms with Crippen LogP contribution in [0.5, 0.6) is 0 Å². The summed E-state index contributed by atoms with van der Waals surface area (Å²) >= 11 is 0. The second-order valence-corrected chi connectivity index (χ2v) is 8.93. The average Bonchev–Trinajstić information content (AvgIpc) is 2.60. The van der Waals surface area contributed by atoms with Crippen molar-refractivity contribution in [1.82, 2.24) is 5.32 Å². The maximum absolute atomic E-state index is 12.8. The Labute approximate surface area is 169 Å². The Hall–Kier alpha value is -2.29. The zero-order valence-corrected chi connectivity index (χ0v) is 17.9. The van der Waals surface area contributed by atoms with Crippen molar-refractivity contribution < 1.29 is 4.79 Å². The topological polar surface area (TPSA) is 41.1 Å². The lowest BCUT2D eigenvalue weighted by atomic mass is 9.64. The lowest BCUT2D eigenvalue weighted by Crippen LogP contribution is -2.46. The number of aryl methyl sites for hydroxylation is 1. The third-order valence-electron chi connectivity index (χ3n) is 6.14. The lowest BCUT2D eigenvalue weighted by Gasteiger charge is -2.42. The Morgan fingerprint density at radius 2 is 1.61 bits per heavy atom. The number of carbonyl (C=O) groups is 1. The Bertz CT molecular complexity index is 808. The van der Waals surface area contributed by atoms with Gasteiger partial charge in [-0.05, 0) is 48.3 Å². The summed E-state index contributed by atoms with van der Waals surface area (Å²) in [5, 5.41) is 6.35. The number of hydrogen-bond donors (Lipinski definition) is 2. The maximum Gasteiger partial charge on any atom is 0.319 e. The third kappa shape index (κ3) is 4.24. The van der Waals surface area contributed by atoms with Gasteiger partial charge in [0.1, 0.15) is 0 Å². The molecule has 0 heterocycles. The molecule has 2 amide bonds. The van der Waals surface area contributed by atoms with Crippen LogP contribution in [0.25, 0.3) is 0 Å². The average molecular weight is 379 g/mol. The van der Waals surface area contributed by atoms with E-state index in [1.807, 2.05) is 0 Å². The SMILES string of the molecule is Cc1cccc(C2(CNC(=O)Nc3c(C(C)C)cccc3C(C)C)CCC2)c1. The zero-order valence-electron chi connectivity index (χ0n) is 17.9. The minimum Gasteiger partial charge on any atom is -0.337 e. The van der Waals surface area contributed by atoms with Crippen LogP contribution in [-0.2, 0) is 5.41 Å². The molecule has 0 aromatic heterocycles. The molecule has 0 bridgehead atoms. The van der Waals surface area contributed by atoms with Crippen molar-refractivity contribution in [1.29, 1.82) is 0 Å². The number of para-hydroxylation sites is 1. The summed E-state index contributed by atoms with van der Waals surface area (Å²) in [5.41, 5.74) is 6.08. The van der Waals surface area contributed by atoms with Gasteiger partial charge in [-0.3, -0.25) is 0 Å². The summed E-state index contributed by atoms with van der Waals surface area (Å²) in [6, 6.07) is 15.0. The quantitative estimate of drug-likeness (QED) is 0.593. The monoisotopic (exact) mass is 378 g/mol. The number of nitrogens with one attached hydrogen (secondary N) is 2. The molecule has 1 aliphatic carbocycles. The first kappa shape index (κ1) is 20.4. The van der Waals surface area contributed by atoms with Gasteiger partial charge >= 0.3 is 6.03 Å². The van der Waals surface area contributed by atoms with Crippen molar-refractivity contribution in [2.45, 2.75) is 71.1 Å². The molecule has 2 aromatic rings. The number of carbonyl (C=O) groups excluding carboxylic acids is 1. The highest BCUT2D eigenvalue weighted by molar-refractivity contribution is 5.91. The number of hydrogen-bond acceptors (Lipinski definition) is 1. The summed E-state index contributed by atoms with van der Waals surface area (Å²) in [6.45, 7) is 11.5. The highest BCUT2D eigenvalue weighted by Gasteiger charge is 2.38. The van der Waals surface area contributed by atoms with Gasteiger partial charge in [0.25, 0.3) is 0 Å². The largest absolute Gasteiger partial charge is 0.337 e. The molecule has 2 N–H and O–H groups in total. The standard InChI is InChI=1S/C25H34N2O/c1-17(2)21-11-7-12-22(18(3)4)23(21)27-24(28)26-16-25(13-8-14-25)20-10-6-9-19(5)15-20/h6-7,9-12,15,17-18H,8,13-14,16H2,1-5H3,(H2,26,27,28). The normalized spacial score (nSPS) is 15.4. The molecule has 3 heteroatoms. The van der Waals surface area contributed by atoms with Crippen LogP contribution in [0.4, 0.5) is 10.5 Å². The number of anilines is 1. The smallest absolute Gasteiger partial charge is 0.319 e. The fourth-order valence-electron chi connectivity index (χ4n) is 4.25. The second-order valence-electron chi connectivity index (χ2n) is 8.93. The molecule has 0 atom stereocenters. The van der Waals surface area contributed by atoms with Crippen LogP contribution in [0.15, 0.2) is 42.5 Å². The Balaban J connectivity index is 1.74. The highest BCUT2D eigenvalue weighted by Crippen LogP contribution is 2.43. The number of urea groups is 1. The molecule has 0 saturated heterocycles. The van der Waals surface area contributed by atoms with Gasteiger partial charge < -0.3 is 10.6 Å². The van der Waals surface area contributed by atoms with Crippen molar-refractivity contribution in [3.8, 4) is 0 Å². The lowest BCUT2D eigenvalue weighted by molar-refractivity contribution is 0.222. The van der Waals surface area contributed by atoms with E-state index in [4.69, 9.17) is 0 Å². The van der Waals surface area contributed by atoms with Gasteiger partial charge in [-0.2, -0.15) is 0 Å². The molecule has 1 saturated carbocycles. The van der Waals surface area contributed by atoms with E-state index in [1.54, 1.807) is 0 Å². The van der Waals surface area contributed by atoms with E-state index < -0.39 is 0 Å². The van der Waals surface area contributed by atoms with Crippen molar-refractivity contribution in [2.75, 3.05) is 11.9 Å². The highest BCUT2D eigenvalue weighted by atomic mass is 16.2. The molecule has 1 fully saturated rings. The predicted octanol–water partition coefficient (Wildman–Crippen LogP) is 6.49. The number of benzene rings is 2. The Morgan fingerprint density at radius 3 is 2.11 bits per heavy atom. The van der Waals surface area contributed by atoms with E-state index >= 15 is 0 Å². The van der Waals surface area contributed by atoms with Gasteiger partial charge in [0.05, 0.1) is 0 Å². The van der Waals surface area contributed by atoms with Crippen LogP contribution in [0.2, 0.25) is 0 Å². The van der Waals surface area contributed by atoms with Gasteiger partial charge in [-0.15, -0.1) is 0 Å². The van der Waals surface area contributed by atoms with E-state index in [-0.39, 0.29) is 11.4 Å². The van der Waals surface area contributed by atoms with Gasteiger partial charge in [-0.25, -0.2) is 4.79 Å². The van der Waals surface area contributed by atoms with E-state index in [9.17, 15) is 4.79 Å². The van der Waals surface area contributed by atoms with Gasteiger partial charge in [0.15, 0.2) is 0 Å². The van der Waals surface area contributed by atoms with Gasteiger partial charge in [0.2, 0.25) is 0 Å². The minimum absolute atomic E-state index is 0.0851. The van der Waals surface area contributed by atoms with Crippen LogP contribution >= 0.6 is 0 Å². The predicted molar refractivity (Wildman–Crippen MR) is 118 cm³/mol. The zero-order chi connectivity index (χ0) is 20.3. The van der Waals surface area contributed by atoms with E-state index in [0.717, 1.165) is 18.5 Å². The van der Waals surface area contributed by atoms with Gasteiger partial charge in [0, 0.05) is 17.6 Å². The van der Waals surface area contributed by atoms with Crippen LogP contribution in [0.3, 0.4) is 0 Å². The van der Waals surface area contributed by atoms with Crippen molar-refractivity contribution in [2.24, 2.45) is 0 Å². The van der Waals surface area contributed by atoms with E-state index in [1.165, 1.54) is 28.7 Å². The third-order valence-corrected chi connectivity index (χ3v) is 6.14. The molecule has 3 nitrogen and oxygen atoms in total. The van der Waals surface area contributed by atoms with Crippen molar-refractivity contribution >= 4 is 11.7 Å². The fourth-order valence-corrected chi connectivity index (χ4v) is 4.25. The van der Waals surface area contributed by atoms with Crippen LogP contribution < -0.4 is 10.6 Å².